The quantitative estimate of drug-likeness (QED) is 0.820. The van der Waals surface area contributed by atoms with Gasteiger partial charge in [0.25, 0.3) is 5.91 Å². The number of rotatable bonds is 6. The van der Waals surface area contributed by atoms with E-state index in [-0.39, 0.29) is 18.4 Å². The van der Waals surface area contributed by atoms with Crippen LogP contribution in [-0.4, -0.2) is 38.6 Å². The first-order valence-electron chi connectivity index (χ1n) is 9.21. The zero-order valence-corrected chi connectivity index (χ0v) is 15.5. The van der Waals surface area contributed by atoms with Crippen molar-refractivity contribution in [1.29, 1.82) is 0 Å². The van der Waals surface area contributed by atoms with E-state index in [9.17, 15) is 9.59 Å². The van der Waals surface area contributed by atoms with Crippen molar-refractivity contribution in [2.75, 3.05) is 42.3 Å². The Hall–Kier alpha value is -2.86. The van der Waals surface area contributed by atoms with Gasteiger partial charge in [-0.15, -0.1) is 0 Å². The van der Waals surface area contributed by atoms with Gasteiger partial charge in [0.05, 0.1) is 0 Å². The molecule has 2 amide bonds. The van der Waals surface area contributed by atoms with Gasteiger partial charge in [0, 0.05) is 42.8 Å². The van der Waals surface area contributed by atoms with Gasteiger partial charge in [0.2, 0.25) is 5.91 Å². The van der Waals surface area contributed by atoms with Crippen molar-refractivity contribution < 1.29 is 14.3 Å². The van der Waals surface area contributed by atoms with Gasteiger partial charge in [0.1, 0.15) is 6.61 Å². The van der Waals surface area contributed by atoms with Gasteiger partial charge in [-0.3, -0.25) is 9.59 Å². The summed E-state index contributed by atoms with van der Waals surface area (Å²) in [6.07, 6.45) is 3.75. The van der Waals surface area contributed by atoms with E-state index in [1.54, 1.807) is 24.3 Å². The molecule has 1 aliphatic rings. The number of methoxy groups -OCH3 is 1. The van der Waals surface area contributed by atoms with Gasteiger partial charge in [0.15, 0.2) is 0 Å². The lowest BCUT2D eigenvalue weighted by Gasteiger charge is -2.28. The van der Waals surface area contributed by atoms with Crippen LogP contribution in [0.15, 0.2) is 48.5 Å². The number of piperidine rings is 1. The molecule has 1 aliphatic heterocycles. The van der Waals surface area contributed by atoms with Crippen LogP contribution in [0.3, 0.4) is 0 Å². The molecule has 6 nitrogen and oxygen atoms in total. The van der Waals surface area contributed by atoms with Gasteiger partial charge < -0.3 is 20.3 Å². The van der Waals surface area contributed by atoms with Crippen molar-refractivity contribution in [3.05, 3.63) is 54.1 Å². The standard InChI is InChI=1S/C21H25N3O3/c1-27-15-20(25)22-17-7-9-18(10-8-17)23-21(26)16-5-11-19(12-6-16)24-13-3-2-4-14-24/h5-12H,2-4,13-15H2,1H3,(H,22,25)(H,23,26). The van der Waals surface area contributed by atoms with Gasteiger partial charge in [-0.1, -0.05) is 0 Å². The molecule has 6 heteroatoms. The third-order valence-electron chi connectivity index (χ3n) is 4.55. The summed E-state index contributed by atoms with van der Waals surface area (Å²) in [6, 6.07) is 14.7. The second-order valence-corrected chi connectivity index (χ2v) is 6.61. The predicted octanol–water partition coefficient (Wildman–Crippen LogP) is 3.51. The summed E-state index contributed by atoms with van der Waals surface area (Å²) in [7, 11) is 1.47. The molecular formula is C21H25N3O3. The normalized spacial score (nSPS) is 13.9. The van der Waals surface area contributed by atoms with Crippen LogP contribution < -0.4 is 15.5 Å². The predicted molar refractivity (Wildman–Crippen MR) is 107 cm³/mol. The summed E-state index contributed by atoms with van der Waals surface area (Å²) in [5.41, 5.74) is 3.11. The molecule has 1 saturated heterocycles. The Balaban J connectivity index is 1.57. The van der Waals surface area contributed by atoms with Crippen molar-refractivity contribution in [3.63, 3.8) is 0 Å². The fourth-order valence-corrected chi connectivity index (χ4v) is 3.14. The topological polar surface area (TPSA) is 70.7 Å². The molecule has 0 spiro atoms. The fraction of sp³-hybridized carbons (Fsp3) is 0.333. The average Bonchev–Trinajstić information content (AvgIpc) is 2.70. The highest BCUT2D eigenvalue weighted by atomic mass is 16.5. The van der Waals surface area contributed by atoms with Gasteiger partial charge in [-0.05, 0) is 67.8 Å². The Morgan fingerprint density at radius 2 is 1.48 bits per heavy atom. The maximum absolute atomic E-state index is 12.4. The number of anilines is 3. The van der Waals surface area contributed by atoms with Crippen LogP contribution in [0.5, 0.6) is 0 Å². The van der Waals surface area contributed by atoms with Crippen LogP contribution in [0.4, 0.5) is 17.1 Å². The number of benzene rings is 2. The first-order chi connectivity index (χ1) is 13.2. The fourth-order valence-electron chi connectivity index (χ4n) is 3.14. The van der Waals surface area contributed by atoms with Crippen LogP contribution in [0.2, 0.25) is 0 Å². The number of amides is 2. The summed E-state index contributed by atoms with van der Waals surface area (Å²) < 4.78 is 4.78. The molecule has 0 radical (unpaired) electrons. The number of ether oxygens (including phenoxy) is 1. The summed E-state index contributed by atoms with van der Waals surface area (Å²) in [6.45, 7) is 2.17. The first-order valence-corrected chi connectivity index (χ1v) is 9.21. The minimum atomic E-state index is -0.219. The third-order valence-corrected chi connectivity index (χ3v) is 4.55. The summed E-state index contributed by atoms with van der Waals surface area (Å²) in [5, 5.41) is 5.58. The first kappa shape index (κ1) is 18.9. The number of carbonyl (C=O) groups is 2. The molecule has 0 unspecified atom stereocenters. The highest BCUT2D eigenvalue weighted by molar-refractivity contribution is 6.04. The molecule has 2 N–H and O–H groups in total. The molecule has 27 heavy (non-hydrogen) atoms. The Labute approximate surface area is 159 Å². The molecule has 1 heterocycles. The van der Waals surface area contributed by atoms with E-state index in [0.29, 0.717) is 16.9 Å². The smallest absolute Gasteiger partial charge is 0.255 e. The van der Waals surface area contributed by atoms with Crippen LogP contribution >= 0.6 is 0 Å². The maximum atomic E-state index is 12.4. The number of hydrogen-bond acceptors (Lipinski definition) is 4. The molecule has 0 saturated carbocycles. The van der Waals surface area contributed by atoms with E-state index in [2.05, 4.69) is 15.5 Å². The largest absolute Gasteiger partial charge is 0.375 e. The Bertz CT molecular complexity index is 766. The molecule has 2 aromatic rings. The minimum absolute atomic E-state index is 0.00586. The van der Waals surface area contributed by atoms with E-state index in [1.165, 1.54) is 32.1 Å². The summed E-state index contributed by atoms with van der Waals surface area (Å²) >= 11 is 0. The van der Waals surface area contributed by atoms with Crippen LogP contribution in [0, 0.1) is 0 Å². The number of hydrogen-bond donors (Lipinski definition) is 2. The monoisotopic (exact) mass is 367 g/mol. The second-order valence-electron chi connectivity index (χ2n) is 6.61. The molecule has 0 bridgehead atoms. The molecular weight excluding hydrogens is 342 g/mol. The Kier molecular flexibility index (Phi) is 6.44. The highest BCUT2D eigenvalue weighted by Crippen LogP contribution is 2.21. The molecule has 142 valence electrons. The van der Waals surface area contributed by atoms with Crippen molar-refractivity contribution in [2.24, 2.45) is 0 Å². The lowest BCUT2D eigenvalue weighted by molar-refractivity contribution is -0.119. The van der Waals surface area contributed by atoms with Crippen molar-refractivity contribution >= 4 is 28.9 Å². The highest BCUT2D eigenvalue weighted by Gasteiger charge is 2.12. The lowest BCUT2D eigenvalue weighted by atomic mass is 10.1. The number of nitrogens with one attached hydrogen (secondary N) is 2. The van der Waals surface area contributed by atoms with Crippen molar-refractivity contribution in [1.82, 2.24) is 0 Å². The zero-order chi connectivity index (χ0) is 19.1. The van der Waals surface area contributed by atoms with Crippen molar-refractivity contribution in [3.8, 4) is 0 Å². The van der Waals surface area contributed by atoms with Crippen LogP contribution in [-0.2, 0) is 9.53 Å². The average molecular weight is 367 g/mol. The Morgan fingerprint density at radius 1 is 0.889 bits per heavy atom. The van der Waals surface area contributed by atoms with Gasteiger partial charge >= 0.3 is 0 Å². The van der Waals surface area contributed by atoms with Crippen LogP contribution in [0.25, 0.3) is 0 Å². The van der Waals surface area contributed by atoms with E-state index in [4.69, 9.17) is 4.74 Å². The van der Waals surface area contributed by atoms with Crippen molar-refractivity contribution in [2.45, 2.75) is 19.3 Å². The van der Waals surface area contributed by atoms with Crippen LogP contribution in [0.1, 0.15) is 29.6 Å². The molecule has 3 rings (SSSR count). The maximum Gasteiger partial charge on any atom is 0.255 e. The number of nitrogens with zero attached hydrogens (tertiary/aromatic N) is 1. The number of carbonyl (C=O) groups excluding carboxylic acids is 2. The van der Waals surface area contributed by atoms with E-state index in [1.807, 2.05) is 24.3 Å². The SMILES string of the molecule is COCC(=O)Nc1ccc(NC(=O)c2ccc(N3CCCCC3)cc2)cc1. The summed E-state index contributed by atoms with van der Waals surface area (Å²) in [4.78, 5) is 26.3. The third kappa shape index (κ3) is 5.31. The zero-order valence-electron chi connectivity index (χ0n) is 15.5. The molecule has 1 fully saturated rings. The Morgan fingerprint density at radius 3 is 2.07 bits per heavy atom. The molecule has 0 aromatic heterocycles. The molecule has 2 aromatic carbocycles. The van der Waals surface area contributed by atoms with E-state index < -0.39 is 0 Å². The van der Waals surface area contributed by atoms with Gasteiger partial charge in [-0.25, -0.2) is 0 Å². The van der Waals surface area contributed by atoms with Gasteiger partial charge in [-0.2, -0.15) is 0 Å². The van der Waals surface area contributed by atoms with E-state index >= 15 is 0 Å². The molecule has 0 atom stereocenters. The molecule has 0 aliphatic carbocycles. The minimum Gasteiger partial charge on any atom is -0.375 e. The van der Waals surface area contributed by atoms with E-state index in [0.717, 1.165) is 13.1 Å². The second kappa shape index (κ2) is 9.19. The summed E-state index contributed by atoms with van der Waals surface area (Å²) in [5.74, 6) is -0.376. The lowest BCUT2D eigenvalue weighted by Crippen LogP contribution is -2.29.